The van der Waals surface area contributed by atoms with Crippen LogP contribution in [0.25, 0.3) is 0 Å². The van der Waals surface area contributed by atoms with Crippen molar-refractivity contribution in [1.82, 2.24) is 5.32 Å². The van der Waals surface area contributed by atoms with Crippen LogP contribution in [0.2, 0.25) is 0 Å². The predicted molar refractivity (Wildman–Crippen MR) is 78.0 cm³/mol. The molecule has 0 atom stereocenters. The summed E-state index contributed by atoms with van der Waals surface area (Å²) >= 11 is 3.48. The van der Waals surface area contributed by atoms with Crippen LogP contribution in [-0.4, -0.2) is 18.8 Å². The van der Waals surface area contributed by atoms with Gasteiger partial charge in [0.25, 0.3) is 0 Å². The monoisotopic (exact) mass is 281 g/mol. The maximum absolute atomic E-state index is 12.9. The lowest BCUT2D eigenvalue weighted by atomic mass is 10.3. The van der Waals surface area contributed by atoms with Gasteiger partial charge in [-0.15, -0.1) is 23.1 Å². The van der Waals surface area contributed by atoms with Crippen molar-refractivity contribution in [3.63, 3.8) is 0 Å². The lowest BCUT2D eigenvalue weighted by molar-refractivity contribution is 0.624. The summed E-state index contributed by atoms with van der Waals surface area (Å²) in [6.45, 7) is 1.96. The van der Waals surface area contributed by atoms with E-state index in [1.165, 1.54) is 10.9 Å². The summed E-state index contributed by atoms with van der Waals surface area (Å²) in [6.07, 6.45) is 1.09. The molecule has 0 saturated heterocycles. The van der Waals surface area contributed by atoms with Gasteiger partial charge < -0.3 is 5.32 Å². The molecule has 0 aliphatic heterocycles. The highest BCUT2D eigenvalue weighted by molar-refractivity contribution is 7.99. The zero-order valence-electron chi connectivity index (χ0n) is 10.1. The van der Waals surface area contributed by atoms with Gasteiger partial charge in [0.15, 0.2) is 0 Å². The number of hydrogen-bond donors (Lipinski definition) is 1. The zero-order chi connectivity index (χ0) is 12.6. The molecule has 0 aliphatic rings. The highest BCUT2D eigenvalue weighted by Crippen LogP contribution is 2.17. The summed E-state index contributed by atoms with van der Waals surface area (Å²) in [4.78, 5) is 2.41. The molecule has 2 rings (SSSR count). The van der Waals surface area contributed by atoms with E-state index in [0.29, 0.717) is 0 Å². The minimum absolute atomic E-state index is 0.161. The van der Waals surface area contributed by atoms with Gasteiger partial charge in [-0.05, 0) is 42.6 Å². The zero-order valence-corrected chi connectivity index (χ0v) is 11.7. The number of thioether (sulfide) groups is 1. The van der Waals surface area contributed by atoms with Crippen molar-refractivity contribution in [3.8, 4) is 0 Å². The second-order valence-electron chi connectivity index (χ2n) is 3.89. The molecule has 0 aliphatic carbocycles. The lowest BCUT2D eigenvalue weighted by Crippen LogP contribution is -2.19. The van der Waals surface area contributed by atoms with E-state index in [2.05, 4.69) is 22.8 Å². The first-order chi connectivity index (χ1) is 8.84. The van der Waals surface area contributed by atoms with E-state index < -0.39 is 0 Å². The number of rotatable bonds is 7. The Balaban J connectivity index is 1.56. The van der Waals surface area contributed by atoms with E-state index in [4.69, 9.17) is 0 Å². The maximum Gasteiger partial charge on any atom is 0.124 e. The topological polar surface area (TPSA) is 12.0 Å². The quantitative estimate of drug-likeness (QED) is 0.612. The van der Waals surface area contributed by atoms with E-state index >= 15 is 0 Å². The van der Waals surface area contributed by atoms with E-state index in [-0.39, 0.29) is 5.82 Å². The summed E-state index contributed by atoms with van der Waals surface area (Å²) in [6, 6.07) is 11.0. The summed E-state index contributed by atoms with van der Waals surface area (Å²) in [5.41, 5.74) is 0. The molecule has 1 heterocycles. The van der Waals surface area contributed by atoms with Crippen molar-refractivity contribution in [2.75, 3.05) is 18.8 Å². The van der Waals surface area contributed by atoms with Crippen LogP contribution >= 0.6 is 23.1 Å². The molecule has 1 nitrogen and oxygen atoms in total. The Morgan fingerprint density at radius 1 is 1.17 bits per heavy atom. The van der Waals surface area contributed by atoms with Crippen molar-refractivity contribution >= 4 is 23.1 Å². The highest BCUT2D eigenvalue weighted by Gasteiger charge is 1.96. The fraction of sp³-hybridized carbons (Fsp3) is 0.286. The van der Waals surface area contributed by atoms with Crippen LogP contribution in [0.4, 0.5) is 4.39 Å². The van der Waals surface area contributed by atoms with Crippen molar-refractivity contribution in [3.05, 3.63) is 52.5 Å². The number of thiophene rings is 1. The molecule has 0 fully saturated rings. The first kappa shape index (κ1) is 13.6. The molecule has 0 radical (unpaired) electrons. The molecule has 1 aromatic heterocycles. The Morgan fingerprint density at radius 3 is 2.89 bits per heavy atom. The molecule has 1 N–H and O–H groups in total. The molecule has 0 unspecified atom stereocenters. The molecule has 18 heavy (non-hydrogen) atoms. The van der Waals surface area contributed by atoms with E-state index in [9.17, 15) is 4.39 Å². The normalized spacial score (nSPS) is 10.7. The molecule has 0 saturated carbocycles. The van der Waals surface area contributed by atoms with Crippen LogP contribution < -0.4 is 5.32 Å². The molecule has 4 heteroatoms. The van der Waals surface area contributed by atoms with Crippen LogP contribution in [0.5, 0.6) is 0 Å². The molecular formula is C14H16FNS2. The van der Waals surface area contributed by atoms with Gasteiger partial charge in [-0.1, -0.05) is 12.1 Å². The number of benzene rings is 1. The fourth-order valence-electron chi connectivity index (χ4n) is 1.59. The van der Waals surface area contributed by atoms with Crippen LogP contribution in [0.15, 0.2) is 46.7 Å². The van der Waals surface area contributed by atoms with Gasteiger partial charge >= 0.3 is 0 Å². The molecule has 1 aromatic carbocycles. The Bertz CT molecular complexity index is 457. The standard InChI is InChI=1S/C14H16FNS2/c15-12-3-1-4-14(11-12)18-10-8-16-7-6-13-5-2-9-17-13/h1-5,9,11,16H,6-8,10H2. The Kier molecular flexibility index (Phi) is 5.71. The SMILES string of the molecule is Fc1cccc(SCCNCCc2cccs2)c1. The fourth-order valence-corrected chi connectivity index (χ4v) is 3.15. The second-order valence-corrected chi connectivity index (χ2v) is 6.09. The van der Waals surface area contributed by atoms with Gasteiger partial charge in [0.05, 0.1) is 0 Å². The molecule has 0 spiro atoms. The third-order valence-electron chi connectivity index (χ3n) is 2.47. The van der Waals surface area contributed by atoms with Gasteiger partial charge in [0.2, 0.25) is 0 Å². The Hall–Kier alpha value is -0.840. The average molecular weight is 281 g/mol. The Labute approximate surface area is 115 Å². The van der Waals surface area contributed by atoms with Gasteiger partial charge in [0, 0.05) is 22.1 Å². The van der Waals surface area contributed by atoms with Gasteiger partial charge in [-0.25, -0.2) is 4.39 Å². The summed E-state index contributed by atoms with van der Waals surface area (Å²) in [5.74, 6) is 0.805. The smallest absolute Gasteiger partial charge is 0.124 e. The van der Waals surface area contributed by atoms with E-state index in [0.717, 1.165) is 30.2 Å². The van der Waals surface area contributed by atoms with Gasteiger partial charge in [-0.3, -0.25) is 0 Å². The van der Waals surface area contributed by atoms with Crippen molar-refractivity contribution < 1.29 is 4.39 Å². The number of hydrogen-bond acceptors (Lipinski definition) is 3. The van der Waals surface area contributed by atoms with Crippen LogP contribution in [0.3, 0.4) is 0 Å². The predicted octanol–water partition coefficient (Wildman–Crippen LogP) is 3.81. The number of halogens is 1. The first-order valence-corrected chi connectivity index (χ1v) is 7.82. The van der Waals surface area contributed by atoms with E-state index in [1.807, 2.05) is 6.07 Å². The number of nitrogens with one attached hydrogen (secondary N) is 1. The lowest BCUT2D eigenvalue weighted by Gasteiger charge is -2.04. The third-order valence-corrected chi connectivity index (χ3v) is 4.40. The summed E-state index contributed by atoms with van der Waals surface area (Å²) < 4.78 is 12.9. The largest absolute Gasteiger partial charge is 0.316 e. The van der Waals surface area contributed by atoms with Gasteiger partial charge in [0.1, 0.15) is 5.82 Å². The highest BCUT2D eigenvalue weighted by atomic mass is 32.2. The summed E-state index contributed by atoms with van der Waals surface area (Å²) in [7, 11) is 0. The molecule has 96 valence electrons. The third kappa shape index (κ3) is 4.80. The van der Waals surface area contributed by atoms with Crippen LogP contribution in [0, 0.1) is 5.82 Å². The second kappa shape index (κ2) is 7.56. The molecule has 2 aromatic rings. The average Bonchev–Trinajstić information content (AvgIpc) is 2.87. The molecule has 0 bridgehead atoms. The van der Waals surface area contributed by atoms with Crippen LogP contribution in [0.1, 0.15) is 4.88 Å². The Morgan fingerprint density at radius 2 is 2.11 bits per heavy atom. The van der Waals surface area contributed by atoms with Crippen molar-refractivity contribution in [1.29, 1.82) is 0 Å². The minimum atomic E-state index is -0.161. The first-order valence-electron chi connectivity index (χ1n) is 5.96. The van der Waals surface area contributed by atoms with Crippen LogP contribution in [-0.2, 0) is 6.42 Å². The summed E-state index contributed by atoms with van der Waals surface area (Å²) in [5, 5.41) is 5.51. The minimum Gasteiger partial charge on any atom is -0.316 e. The van der Waals surface area contributed by atoms with E-state index in [1.54, 1.807) is 35.2 Å². The van der Waals surface area contributed by atoms with Gasteiger partial charge in [-0.2, -0.15) is 0 Å². The maximum atomic E-state index is 12.9. The van der Waals surface area contributed by atoms with Crippen molar-refractivity contribution in [2.24, 2.45) is 0 Å². The molecule has 0 amide bonds. The van der Waals surface area contributed by atoms with Crippen molar-refractivity contribution in [2.45, 2.75) is 11.3 Å². The molecular weight excluding hydrogens is 265 g/mol.